The highest BCUT2D eigenvalue weighted by Crippen LogP contribution is 2.27. The number of anilines is 1. The molecule has 1 fully saturated rings. The Morgan fingerprint density at radius 2 is 1.83 bits per heavy atom. The number of hydrogen-bond acceptors (Lipinski definition) is 5. The van der Waals surface area contributed by atoms with Crippen LogP contribution in [0.5, 0.6) is 0 Å². The molecule has 1 aliphatic rings. The summed E-state index contributed by atoms with van der Waals surface area (Å²) in [6.07, 6.45) is 0. The Bertz CT molecular complexity index is 1020. The Morgan fingerprint density at radius 1 is 1.17 bits per heavy atom. The van der Waals surface area contributed by atoms with Gasteiger partial charge in [-0.05, 0) is 31.2 Å². The molecule has 1 aliphatic heterocycles. The van der Waals surface area contributed by atoms with Crippen molar-refractivity contribution in [2.45, 2.75) is 17.9 Å². The number of carbonyl (C=O) groups is 1. The van der Waals surface area contributed by atoms with Crippen molar-refractivity contribution >= 4 is 21.6 Å². The van der Waals surface area contributed by atoms with E-state index in [-0.39, 0.29) is 10.5 Å². The molecule has 1 amide bonds. The van der Waals surface area contributed by atoms with Crippen LogP contribution in [0.25, 0.3) is 0 Å². The summed E-state index contributed by atoms with van der Waals surface area (Å²) in [5.74, 6) is -0.884. The van der Waals surface area contributed by atoms with E-state index in [0.717, 1.165) is 4.31 Å². The number of rotatable bonds is 6. The maximum absolute atomic E-state index is 14.1. The molecule has 7 nitrogen and oxygen atoms in total. The maximum Gasteiger partial charge on any atom is 0.253 e. The first-order valence-electron chi connectivity index (χ1n) is 9.66. The molecule has 9 heteroatoms. The Labute approximate surface area is 176 Å². The first kappa shape index (κ1) is 22.2. The van der Waals surface area contributed by atoms with Gasteiger partial charge in [-0.15, -0.1) is 0 Å². The number of sulfonamides is 1. The van der Waals surface area contributed by atoms with Crippen molar-refractivity contribution in [2.75, 3.05) is 45.3 Å². The second-order valence-corrected chi connectivity index (χ2v) is 9.43. The van der Waals surface area contributed by atoms with Gasteiger partial charge in [-0.1, -0.05) is 18.2 Å². The molecule has 0 spiro atoms. The number of morpholine rings is 1. The van der Waals surface area contributed by atoms with Crippen molar-refractivity contribution in [3.8, 4) is 0 Å². The van der Waals surface area contributed by atoms with Crippen molar-refractivity contribution in [3.63, 3.8) is 0 Å². The topological polar surface area (TPSA) is 79.0 Å². The molecule has 1 N–H and O–H groups in total. The van der Waals surface area contributed by atoms with Crippen LogP contribution in [-0.2, 0) is 14.8 Å². The number of nitrogens with one attached hydrogen (secondary N) is 1. The van der Waals surface area contributed by atoms with Crippen LogP contribution in [0.15, 0.2) is 47.4 Å². The highest BCUT2D eigenvalue weighted by Gasteiger charge is 2.25. The number of ether oxygens (including phenoxy) is 1. The quantitative estimate of drug-likeness (QED) is 0.754. The number of halogens is 1. The highest BCUT2D eigenvalue weighted by atomic mass is 32.2. The van der Waals surface area contributed by atoms with Crippen LogP contribution in [-0.4, -0.2) is 59.0 Å². The smallest absolute Gasteiger partial charge is 0.253 e. The minimum atomic E-state index is -3.72. The largest absolute Gasteiger partial charge is 0.378 e. The zero-order valence-corrected chi connectivity index (χ0v) is 18.1. The maximum atomic E-state index is 14.1. The predicted molar refractivity (Wildman–Crippen MR) is 113 cm³/mol. The van der Waals surface area contributed by atoms with Crippen LogP contribution >= 0.6 is 0 Å². The van der Waals surface area contributed by atoms with E-state index < -0.39 is 27.8 Å². The lowest BCUT2D eigenvalue weighted by atomic mass is 10.1. The zero-order valence-electron chi connectivity index (χ0n) is 17.3. The second kappa shape index (κ2) is 9.11. The van der Waals surface area contributed by atoms with Crippen molar-refractivity contribution in [3.05, 3.63) is 59.4 Å². The lowest BCUT2D eigenvalue weighted by Crippen LogP contribution is -2.38. The van der Waals surface area contributed by atoms with Crippen molar-refractivity contribution in [1.82, 2.24) is 9.62 Å². The molecule has 0 radical (unpaired) electrons. The van der Waals surface area contributed by atoms with Gasteiger partial charge in [0.25, 0.3) is 5.91 Å². The molecule has 0 bridgehead atoms. The molecule has 162 valence electrons. The van der Waals surface area contributed by atoms with Crippen LogP contribution in [0, 0.1) is 5.82 Å². The number of benzene rings is 2. The minimum Gasteiger partial charge on any atom is -0.378 e. The molecule has 2 aromatic rings. The van der Waals surface area contributed by atoms with E-state index >= 15 is 0 Å². The van der Waals surface area contributed by atoms with Crippen molar-refractivity contribution in [2.24, 2.45) is 0 Å². The molecule has 2 aromatic carbocycles. The van der Waals surface area contributed by atoms with Crippen LogP contribution in [0.3, 0.4) is 0 Å². The van der Waals surface area contributed by atoms with Crippen LogP contribution in [0.2, 0.25) is 0 Å². The second-order valence-electron chi connectivity index (χ2n) is 7.28. The molecule has 1 saturated heterocycles. The Kier molecular flexibility index (Phi) is 6.74. The molecule has 3 rings (SSSR count). The third-order valence-corrected chi connectivity index (χ3v) is 6.87. The molecular formula is C21H26FN3O4S. The van der Waals surface area contributed by atoms with Gasteiger partial charge < -0.3 is 15.0 Å². The molecule has 0 aromatic heterocycles. The van der Waals surface area contributed by atoms with Gasteiger partial charge >= 0.3 is 0 Å². The first-order valence-corrected chi connectivity index (χ1v) is 11.1. The van der Waals surface area contributed by atoms with Gasteiger partial charge in [0.2, 0.25) is 10.0 Å². The van der Waals surface area contributed by atoms with Crippen LogP contribution in [0.1, 0.15) is 28.9 Å². The van der Waals surface area contributed by atoms with Crippen molar-refractivity contribution in [1.29, 1.82) is 0 Å². The third-order valence-electron chi connectivity index (χ3n) is 5.06. The molecular weight excluding hydrogens is 409 g/mol. The third kappa shape index (κ3) is 4.63. The fraction of sp³-hybridized carbons (Fsp3) is 0.381. The van der Waals surface area contributed by atoms with Crippen molar-refractivity contribution < 1.29 is 22.3 Å². The molecule has 1 heterocycles. The fourth-order valence-electron chi connectivity index (χ4n) is 3.33. The highest BCUT2D eigenvalue weighted by molar-refractivity contribution is 7.89. The molecule has 1 atom stereocenters. The Hall–Kier alpha value is -2.49. The van der Waals surface area contributed by atoms with E-state index in [0.29, 0.717) is 37.6 Å². The van der Waals surface area contributed by atoms with Gasteiger partial charge in [-0.3, -0.25) is 4.79 Å². The minimum absolute atomic E-state index is 0.0215. The van der Waals surface area contributed by atoms with E-state index in [1.807, 2.05) is 4.90 Å². The number of carbonyl (C=O) groups excluding carboxylic acids is 1. The van der Waals surface area contributed by atoms with E-state index in [1.54, 1.807) is 31.2 Å². The summed E-state index contributed by atoms with van der Waals surface area (Å²) in [7, 11) is -0.846. The molecule has 0 aliphatic carbocycles. The summed E-state index contributed by atoms with van der Waals surface area (Å²) in [5.41, 5.74) is 1.20. The van der Waals surface area contributed by atoms with Gasteiger partial charge in [-0.2, -0.15) is 0 Å². The number of hydrogen-bond donors (Lipinski definition) is 1. The van der Waals surface area contributed by atoms with Crippen LogP contribution in [0.4, 0.5) is 10.1 Å². The van der Waals surface area contributed by atoms with E-state index in [1.165, 1.54) is 32.3 Å². The van der Waals surface area contributed by atoms with E-state index in [4.69, 9.17) is 4.74 Å². The summed E-state index contributed by atoms with van der Waals surface area (Å²) < 4.78 is 45.8. The van der Waals surface area contributed by atoms with E-state index in [9.17, 15) is 17.6 Å². The normalized spacial score (nSPS) is 15.8. The van der Waals surface area contributed by atoms with Gasteiger partial charge in [0.1, 0.15) is 5.82 Å². The average Bonchev–Trinajstić information content (AvgIpc) is 2.74. The van der Waals surface area contributed by atoms with E-state index in [2.05, 4.69) is 5.32 Å². The summed E-state index contributed by atoms with van der Waals surface area (Å²) in [4.78, 5) is 15.2. The van der Waals surface area contributed by atoms with Gasteiger partial charge in [0.05, 0.1) is 29.7 Å². The summed E-state index contributed by atoms with van der Waals surface area (Å²) >= 11 is 0. The lowest BCUT2D eigenvalue weighted by molar-refractivity contribution is 0.0937. The molecule has 0 saturated carbocycles. The number of amides is 1. The monoisotopic (exact) mass is 435 g/mol. The SMILES string of the molecule is C[C@@H](NC(=O)c1cc(S(=O)(=O)N(C)C)ccc1N1CCOCC1)c1ccccc1F. The lowest BCUT2D eigenvalue weighted by Gasteiger charge is -2.31. The summed E-state index contributed by atoms with van der Waals surface area (Å²) in [6.45, 7) is 3.89. The number of nitrogens with zero attached hydrogens (tertiary/aromatic N) is 2. The summed E-state index contributed by atoms with van der Waals surface area (Å²) in [6, 6.07) is 10.2. The van der Waals surface area contributed by atoms with Gasteiger partial charge in [0.15, 0.2) is 0 Å². The standard InChI is InChI=1S/C21H26FN3O4S/c1-15(17-6-4-5-7-19(17)22)23-21(26)18-14-16(30(27,28)24(2)3)8-9-20(18)25-10-12-29-13-11-25/h4-9,14-15H,10-13H2,1-3H3,(H,23,26)/t15-/m1/s1. The van der Waals surface area contributed by atoms with Crippen LogP contribution < -0.4 is 10.2 Å². The Morgan fingerprint density at radius 3 is 2.47 bits per heavy atom. The first-order chi connectivity index (χ1) is 14.2. The molecule has 30 heavy (non-hydrogen) atoms. The molecule has 0 unspecified atom stereocenters. The fourth-order valence-corrected chi connectivity index (χ4v) is 4.26. The average molecular weight is 436 g/mol. The van der Waals surface area contributed by atoms with Gasteiger partial charge in [0, 0.05) is 38.4 Å². The van der Waals surface area contributed by atoms with Gasteiger partial charge in [-0.25, -0.2) is 17.1 Å². The zero-order chi connectivity index (χ0) is 21.9. The predicted octanol–water partition coefficient (Wildman–Crippen LogP) is 2.40. The Balaban J connectivity index is 1.98. The summed E-state index contributed by atoms with van der Waals surface area (Å²) in [5, 5.41) is 2.80.